The topological polar surface area (TPSA) is 57.6 Å². The van der Waals surface area contributed by atoms with Gasteiger partial charge in [0.25, 0.3) is 0 Å². The Hall–Kier alpha value is -0.910. The second-order valence-corrected chi connectivity index (χ2v) is 6.54. The average Bonchev–Trinajstić information content (AvgIpc) is 2.39. The van der Waals surface area contributed by atoms with Gasteiger partial charge in [0.15, 0.2) is 0 Å². The van der Waals surface area contributed by atoms with E-state index in [9.17, 15) is 8.42 Å². The minimum absolute atomic E-state index is 0.0232. The molecule has 0 bridgehead atoms. The summed E-state index contributed by atoms with van der Waals surface area (Å²) in [5.74, 6) is 0.0241. The summed E-state index contributed by atoms with van der Waals surface area (Å²) in [5.41, 5.74) is 1.55. The molecule has 1 N–H and O–H groups in total. The van der Waals surface area contributed by atoms with Crippen LogP contribution >= 0.6 is 0 Å². The second-order valence-electron chi connectivity index (χ2n) is 4.58. The van der Waals surface area contributed by atoms with E-state index < -0.39 is 10.0 Å². The summed E-state index contributed by atoms with van der Waals surface area (Å²) in [5, 5.41) is 8.96. The van der Waals surface area contributed by atoms with E-state index in [4.69, 9.17) is 5.11 Å². The lowest BCUT2D eigenvalue weighted by molar-refractivity contribution is 0.282. The van der Waals surface area contributed by atoms with Crippen molar-refractivity contribution in [2.24, 2.45) is 0 Å². The molecule has 0 atom stereocenters. The summed E-state index contributed by atoms with van der Waals surface area (Å²) < 4.78 is 26.1. The molecule has 1 rings (SSSR count). The zero-order chi connectivity index (χ0) is 14.3. The molecule has 0 fully saturated rings. The third-order valence-corrected chi connectivity index (χ3v) is 4.99. The van der Waals surface area contributed by atoms with E-state index >= 15 is 0 Å². The fourth-order valence-corrected chi connectivity index (χ4v) is 3.47. The SMILES string of the molecule is CCCCN(CC)S(=O)(=O)Cc1ccc(CO)cc1. The molecule has 0 spiro atoms. The Bertz CT molecular complexity index is 468. The molecule has 1 aromatic carbocycles. The number of rotatable bonds is 8. The summed E-state index contributed by atoms with van der Waals surface area (Å²) in [6, 6.07) is 7.04. The van der Waals surface area contributed by atoms with Crippen LogP contribution in [0.25, 0.3) is 0 Å². The zero-order valence-electron chi connectivity index (χ0n) is 11.7. The lowest BCUT2D eigenvalue weighted by atomic mass is 10.2. The lowest BCUT2D eigenvalue weighted by Gasteiger charge is -2.20. The van der Waals surface area contributed by atoms with Crippen molar-refractivity contribution in [3.8, 4) is 0 Å². The Labute approximate surface area is 116 Å². The predicted octanol–water partition coefficient (Wildman–Crippen LogP) is 2.13. The Morgan fingerprint density at radius 2 is 1.68 bits per heavy atom. The third-order valence-electron chi connectivity index (χ3n) is 3.06. The van der Waals surface area contributed by atoms with Crippen LogP contribution in [0.1, 0.15) is 37.8 Å². The van der Waals surface area contributed by atoms with Gasteiger partial charge in [-0.2, -0.15) is 0 Å². The van der Waals surface area contributed by atoms with Gasteiger partial charge >= 0.3 is 0 Å². The fraction of sp³-hybridized carbons (Fsp3) is 0.571. The van der Waals surface area contributed by atoms with Gasteiger partial charge in [-0.15, -0.1) is 0 Å². The maximum Gasteiger partial charge on any atom is 0.218 e. The molecule has 0 aromatic heterocycles. The molecule has 0 radical (unpaired) electrons. The van der Waals surface area contributed by atoms with E-state index in [1.165, 1.54) is 4.31 Å². The standard InChI is InChI=1S/C14H23NO3S/c1-3-5-10-15(4-2)19(17,18)12-14-8-6-13(11-16)7-9-14/h6-9,16H,3-5,10-12H2,1-2H3. The molecule has 108 valence electrons. The first kappa shape index (κ1) is 16.1. The first-order valence-corrected chi connectivity index (χ1v) is 8.31. The molecule has 0 amide bonds. The molecule has 0 saturated heterocycles. The van der Waals surface area contributed by atoms with Gasteiger partial charge in [-0.25, -0.2) is 12.7 Å². The molecule has 5 heteroatoms. The highest BCUT2D eigenvalue weighted by atomic mass is 32.2. The van der Waals surface area contributed by atoms with E-state index in [-0.39, 0.29) is 12.4 Å². The molecule has 0 aliphatic rings. The van der Waals surface area contributed by atoms with Crippen LogP contribution in [-0.2, 0) is 22.4 Å². The van der Waals surface area contributed by atoms with E-state index in [1.54, 1.807) is 24.3 Å². The molecule has 0 saturated carbocycles. The maximum absolute atomic E-state index is 12.3. The van der Waals surface area contributed by atoms with Gasteiger partial charge in [-0.3, -0.25) is 0 Å². The highest BCUT2D eigenvalue weighted by Crippen LogP contribution is 2.13. The number of hydrogen-bond acceptors (Lipinski definition) is 3. The van der Waals surface area contributed by atoms with Crippen LogP contribution in [0.5, 0.6) is 0 Å². The number of aliphatic hydroxyl groups is 1. The van der Waals surface area contributed by atoms with Gasteiger partial charge in [0.1, 0.15) is 0 Å². The molecular formula is C14H23NO3S. The van der Waals surface area contributed by atoms with Crippen LogP contribution in [-0.4, -0.2) is 30.9 Å². The normalized spacial score (nSPS) is 12.0. The summed E-state index contributed by atoms with van der Waals surface area (Å²) >= 11 is 0. The van der Waals surface area contributed by atoms with Crippen molar-refractivity contribution in [2.45, 2.75) is 39.0 Å². The summed E-state index contributed by atoms with van der Waals surface area (Å²) in [7, 11) is -3.25. The van der Waals surface area contributed by atoms with Crippen LogP contribution in [0, 0.1) is 0 Å². The number of aliphatic hydroxyl groups excluding tert-OH is 1. The minimum Gasteiger partial charge on any atom is -0.392 e. The van der Waals surface area contributed by atoms with E-state index in [0.717, 1.165) is 24.0 Å². The zero-order valence-corrected chi connectivity index (χ0v) is 12.5. The smallest absolute Gasteiger partial charge is 0.218 e. The molecule has 19 heavy (non-hydrogen) atoms. The van der Waals surface area contributed by atoms with Crippen LogP contribution < -0.4 is 0 Å². The Kier molecular flexibility index (Phi) is 6.48. The summed E-state index contributed by atoms with van der Waals surface area (Å²) in [6.07, 6.45) is 1.87. The van der Waals surface area contributed by atoms with Gasteiger partial charge in [0.2, 0.25) is 10.0 Å². The van der Waals surface area contributed by atoms with Crippen LogP contribution in [0.15, 0.2) is 24.3 Å². The van der Waals surface area contributed by atoms with Crippen molar-refractivity contribution in [3.05, 3.63) is 35.4 Å². The van der Waals surface area contributed by atoms with Crippen molar-refractivity contribution >= 4 is 10.0 Å². The highest BCUT2D eigenvalue weighted by Gasteiger charge is 2.20. The highest BCUT2D eigenvalue weighted by molar-refractivity contribution is 7.88. The third kappa shape index (κ3) is 4.93. The van der Waals surface area contributed by atoms with Gasteiger partial charge in [-0.1, -0.05) is 44.5 Å². The number of unbranched alkanes of at least 4 members (excludes halogenated alkanes) is 1. The van der Waals surface area contributed by atoms with Crippen molar-refractivity contribution in [1.82, 2.24) is 4.31 Å². The molecule has 0 aliphatic carbocycles. The van der Waals surface area contributed by atoms with Crippen LogP contribution in [0.3, 0.4) is 0 Å². The molecule has 4 nitrogen and oxygen atoms in total. The lowest BCUT2D eigenvalue weighted by Crippen LogP contribution is -2.32. The van der Waals surface area contributed by atoms with E-state index in [1.807, 2.05) is 13.8 Å². The first-order chi connectivity index (χ1) is 9.03. The van der Waals surface area contributed by atoms with Gasteiger partial charge in [-0.05, 0) is 17.5 Å². The van der Waals surface area contributed by atoms with Gasteiger partial charge < -0.3 is 5.11 Å². The molecular weight excluding hydrogens is 262 g/mol. The second kappa shape index (κ2) is 7.62. The number of benzene rings is 1. The largest absolute Gasteiger partial charge is 0.392 e. The number of hydrogen-bond donors (Lipinski definition) is 1. The van der Waals surface area contributed by atoms with E-state index in [2.05, 4.69) is 0 Å². The fourth-order valence-electron chi connectivity index (χ4n) is 1.87. The summed E-state index contributed by atoms with van der Waals surface area (Å²) in [4.78, 5) is 0. The van der Waals surface area contributed by atoms with E-state index in [0.29, 0.717) is 13.1 Å². The number of nitrogens with zero attached hydrogens (tertiary/aromatic N) is 1. The maximum atomic E-state index is 12.3. The monoisotopic (exact) mass is 285 g/mol. The van der Waals surface area contributed by atoms with Gasteiger partial charge in [0.05, 0.1) is 12.4 Å². The van der Waals surface area contributed by atoms with Crippen molar-refractivity contribution in [3.63, 3.8) is 0 Å². The van der Waals surface area contributed by atoms with Gasteiger partial charge in [0, 0.05) is 13.1 Å². The predicted molar refractivity (Wildman–Crippen MR) is 77.1 cm³/mol. The van der Waals surface area contributed by atoms with Crippen LogP contribution in [0.4, 0.5) is 0 Å². The quantitative estimate of drug-likeness (QED) is 0.796. The molecule has 1 aromatic rings. The molecule has 0 unspecified atom stereocenters. The Morgan fingerprint density at radius 3 is 2.16 bits per heavy atom. The van der Waals surface area contributed by atoms with Crippen molar-refractivity contribution in [1.29, 1.82) is 0 Å². The minimum atomic E-state index is -3.25. The number of sulfonamides is 1. The summed E-state index contributed by atoms with van der Waals surface area (Å²) in [6.45, 7) is 4.99. The Balaban J connectivity index is 2.76. The van der Waals surface area contributed by atoms with Crippen LogP contribution in [0.2, 0.25) is 0 Å². The first-order valence-electron chi connectivity index (χ1n) is 6.70. The van der Waals surface area contributed by atoms with Crippen molar-refractivity contribution < 1.29 is 13.5 Å². The van der Waals surface area contributed by atoms with Crippen molar-refractivity contribution in [2.75, 3.05) is 13.1 Å². The molecule has 0 heterocycles. The molecule has 0 aliphatic heterocycles. The Morgan fingerprint density at radius 1 is 1.11 bits per heavy atom. The average molecular weight is 285 g/mol.